The fraction of sp³-hybridized carbons (Fsp3) is 0. The first-order valence-corrected chi connectivity index (χ1v) is 6.41. The highest BCUT2D eigenvalue weighted by Crippen LogP contribution is 2.23. The van der Waals surface area contributed by atoms with Gasteiger partial charge in [-0.2, -0.15) is 0 Å². The summed E-state index contributed by atoms with van der Waals surface area (Å²) in [4.78, 5) is 22.9. The molecule has 104 valence electrons. The molecule has 0 amide bonds. The zero-order valence-electron chi connectivity index (χ0n) is 11.4. The summed E-state index contributed by atoms with van der Waals surface area (Å²) in [6.07, 6.45) is 2.27. The van der Waals surface area contributed by atoms with Gasteiger partial charge in [0.05, 0.1) is 0 Å². The molecule has 0 aromatic heterocycles. The fourth-order valence-electron chi connectivity index (χ4n) is 1.86. The van der Waals surface area contributed by atoms with Crippen LogP contribution in [-0.4, -0.2) is 11.9 Å². The Morgan fingerprint density at radius 2 is 1.29 bits per heavy atom. The van der Waals surface area contributed by atoms with Gasteiger partial charge in [0.15, 0.2) is 0 Å². The van der Waals surface area contributed by atoms with Crippen molar-refractivity contribution >= 4 is 17.5 Å². The Kier molecular flexibility index (Phi) is 4.83. The SMILES string of the molecule is C=CC(=O)OC(=O)C=C(c1ccccc1)c1ccccc1. The van der Waals surface area contributed by atoms with E-state index in [0.29, 0.717) is 5.57 Å². The highest BCUT2D eigenvalue weighted by Gasteiger charge is 2.10. The molecule has 0 saturated heterocycles. The third-order valence-electron chi connectivity index (χ3n) is 2.80. The summed E-state index contributed by atoms with van der Waals surface area (Å²) in [5, 5.41) is 0. The normalized spacial score (nSPS) is 9.52. The second-order valence-electron chi connectivity index (χ2n) is 4.23. The van der Waals surface area contributed by atoms with E-state index < -0.39 is 11.9 Å². The van der Waals surface area contributed by atoms with Gasteiger partial charge in [-0.3, -0.25) is 0 Å². The van der Waals surface area contributed by atoms with Crippen LogP contribution in [0, 0.1) is 0 Å². The van der Waals surface area contributed by atoms with Crippen LogP contribution in [-0.2, 0) is 14.3 Å². The van der Waals surface area contributed by atoms with Crippen LogP contribution >= 0.6 is 0 Å². The number of ether oxygens (including phenoxy) is 1. The van der Waals surface area contributed by atoms with Crippen LogP contribution in [0.4, 0.5) is 0 Å². The summed E-state index contributed by atoms with van der Waals surface area (Å²) in [5.74, 6) is -1.49. The van der Waals surface area contributed by atoms with E-state index in [1.807, 2.05) is 60.7 Å². The van der Waals surface area contributed by atoms with E-state index in [-0.39, 0.29) is 0 Å². The second kappa shape index (κ2) is 7.01. The summed E-state index contributed by atoms with van der Waals surface area (Å²) in [5.41, 5.74) is 2.43. The van der Waals surface area contributed by atoms with Crippen molar-refractivity contribution in [2.45, 2.75) is 0 Å². The average molecular weight is 278 g/mol. The van der Waals surface area contributed by atoms with Gasteiger partial charge in [-0.1, -0.05) is 67.2 Å². The maximum atomic E-state index is 11.8. The summed E-state index contributed by atoms with van der Waals surface area (Å²) < 4.78 is 4.60. The third-order valence-corrected chi connectivity index (χ3v) is 2.80. The van der Waals surface area contributed by atoms with Gasteiger partial charge in [0.25, 0.3) is 0 Å². The molecule has 3 heteroatoms. The fourth-order valence-corrected chi connectivity index (χ4v) is 1.86. The molecule has 0 aliphatic carbocycles. The topological polar surface area (TPSA) is 43.4 Å². The number of hydrogen-bond donors (Lipinski definition) is 0. The smallest absolute Gasteiger partial charge is 0.339 e. The van der Waals surface area contributed by atoms with Crippen LogP contribution in [0.15, 0.2) is 79.4 Å². The highest BCUT2D eigenvalue weighted by molar-refractivity contribution is 6.02. The van der Waals surface area contributed by atoms with Gasteiger partial charge in [0.2, 0.25) is 0 Å². The summed E-state index contributed by atoms with van der Waals surface area (Å²) >= 11 is 0. The van der Waals surface area contributed by atoms with Crippen molar-refractivity contribution < 1.29 is 14.3 Å². The van der Waals surface area contributed by atoms with Crippen molar-refractivity contribution in [3.63, 3.8) is 0 Å². The van der Waals surface area contributed by atoms with Crippen LogP contribution in [0.5, 0.6) is 0 Å². The molecule has 0 aliphatic rings. The first-order chi connectivity index (χ1) is 10.2. The molecular weight excluding hydrogens is 264 g/mol. The maximum absolute atomic E-state index is 11.8. The van der Waals surface area contributed by atoms with Crippen molar-refractivity contribution in [1.82, 2.24) is 0 Å². The lowest BCUT2D eigenvalue weighted by molar-refractivity contribution is -0.152. The van der Waals surface area contributed by atoms with E-state index in [9.17, 15) is 9.59 Å². The summed E-state index contributed by atoms with van der Waals surface area (Å²) in [6.45, 7) is 3.26. The number of rotatable bonds is 4. The number of carbonyl (C=O) groups excluding carboxylic acids is 2. The largest absolute Gasteiger partial charge is 0.387 e. The van der Waals surface area contributed by atoms with E-state index in [4.69, 9.17) is 0 Å². The zero-order chi connectivity index (χ0) is 15.1. The Bertz CT molecular complexity index is 629. The van der Waals surface area contributed by atoms with Gasteiger partial charge >= 0.3 is 11.9 Å². The molecule has 2 aromatic carbocycles. The van der Waals surface area contributed by atoms with Gasteiger partial charge in [-0.25, -0.2) is 9.59 Å². The Labute approximate surface area is 123 Å². The number of benzene rings is 2. The van der Waals surface area contributed by atoms with Crippen LogP contribution in [0.1, 0.15) is 11.1 Å². The third kappa shape index (κ3) is 4.01. The predicted molar refractivity (Wildman–Crippen MR) is 81.3 cm³/mol. The molecule has 2 rings (SSSR count). The van der Waals surface area contributed by atoms with Gasteiger partial charge in [-0.15, -0.1) is 0 Å². The number of hydrogen-bond acceptors (Lipinski definition) is 3. The van der Waals surface area contributed by atoms with Crippen molar-refractivity contribution in [2.24, 2.45) is 0 Å². The number of esters is 2. The first-order valence-electron chi connectivity index (χ1n) is 6.41. The minimum absolute atomic E-state index is 0.693. The highest BCUT2D eigenvalue weighted by atomic mass is 16.6. The summed E-state index contributed by atoms with van der Waals surface area (Å²) in [6, 6.07) is 18.9. The van der Waals surface area contributed by atoms with Crippen LogP contribution in [0.3, 0.4) is 0 Å². The van der Waals surface area contributed by atoms with E-state index in [2.05, 4.69) is 11.3 Å². The quantitative estimate of drug-likeness (QED) is 0.489. The molecule has 0 saturated carbocycles. The van der Waals surface area contributed by atoms with Crippen molar-refractivity contribution in [2.75, 3.05) is 0 Å². The zero-order valence-corrected chi connectivity index (χ0v) is 11.4. The molecular formula is C18H14O3. The molecule has 0 radical (unpaired) electrons. The molecule has 3 nitrogen and oxygen atoms in total. The first kappa shape index (κ1) is 14.5. The minimum atomic E-state index is -0.767. The Hall–Kier alpha value is -2.94. The van der Waals surface area contributed by atoms with Crippen LogP contribution < -0.4 is 0 Å². The molecule has 0 aliphatic heterocycles. The monoisotopic (exact) mass is 278 g/mol. The second-order valence-corrected chi connectivity index (χ2v) is 4.23. The van der Waals surface area contributed by atoms with E-state index >= 15 is 0 Å². The summed E-state index contributed by atoms with van der Waals surface area (Å²) in [7, 11) is 0. The van der Waals surface area contributed by atoms with Crippen molar-refractivity contribution in [3.8, 4) is 0 Å². The molecule has 0 bridgehead atoms. The molecule has 0 atom stereocenters. The molecule has 21 heavy (non-hydrogen) atoms. The molecule has 0 fully saturated rings. The van der Waals surface area contributed by atoms with Crippen molar-refractivity contribution in [3.05, 3.63) is 90.5 Å². The van der Waals surface area contributed by atoms with Gasteiger partial charge in [0.1, 0.15) is 0 Å². The maximum Gasteiger partial charge on any atom is 0.339 e. The molecule has 2 aromatic rings. The Balaban J connectivity index is 2.40. The predicted octanol–water partition coefficient (Wildman–Crippen LogP) is 3.37. The van der Waals surface area contributed by atoms with Crippen LogP contribution in [0.2, 0.25) is 0 Å². The van der Waals surface area contributed by atoms with Gasteiger partial charge in [0, 0.05) is 12.2 Å². The van der Waals surface area contributed by atoms with E-state index in [0.717, 1.165) is 17.2 Å². The van der Waals surface area contributed by atoms with E-state index in [1.54, 1.807) is 0 Å². The van der Waals surface area contributed by atoms with Gasteiger partial charge < -0.3 is 4.74 Å². The number of carbonyl (C=O) groups is 2. The average Bonchev–Trinajstić information content (AvgIpc) is 2.54. The molecule has 0 spiro atoms. The van der Waals surface area contributed by atoms with Crippen LogP contribution in [0.25, 0.3) is 5.57 Å². The lowest BCUT2D eigenvalue weighted by atomic mass is 9.98. The Morgan fingerprint density at radius 3 is 1.71 bits per heavy atom. The van der Waals surface area contributed by atoms with Crippen molar-refractivity contribution in [1.29, 1.82) is 0 Å². The lowest BCUT2D eigenvalue weighted by Crippen LogP contribution is -2.07. The molecule has 0 unspecified atom stereocenters. The standard InChI is InChI=1S/C18H14O3/c1-2-17(19)21-18(20)13-16(14-9-5-3-6-10-14)15-11-7-4-8-12-15/h2-13H,1H2. The van der Waals surface area contributed by atoms with E-state index in [1.165, 1.54) is 6.08 Å². The van der Waals surface area contributed by atoms with Gasteiger partial charge in [-0.05, 0) is 16.7 Å². The Morgan fingerprint density at radius 1 is 0.810 bits per heavy atom. The molecule has 0 heterocycles. The lowest BCUT2D eigenvalue weighted by Gasteiger charge is -2.08. The minimum Gasteiger partial charge on any atom is -0.387 e. The molecule has 0 N–H and O–H groups in total.